The molecule has 17 heavy (non-hydrogen) atoms. The number of likely N-dealkylation sites (N-methyl/N-ethyl adjacent to an activating group) is 1. The Hall–Kier alpha value is -1.36. The predicted octanol–water partition coefficient (Wildman–Crippen LogP) is 0.376. The van der Waals surface area contributed by atoms with Crippen molar-refractivity contribution in [3.63, 3.8) is 0 Å². The molecule has 1 saturated heterocycles. The molecule has 2 heterocycles. The minimum atomic E-state index is 0.0596. The molecule has 0 bridgehead atoms. The molecule has 2 aliphatic rings. The molecule has 1 aliphatic heterocycles. The Morgan fingerprint density at radius 2 is 2.29 bits per heavy atom. The molecule has 1 aromatic heterocycles. The highest BCUT2D eigenvalue weighted by molar-refractivity contribution is 5.36. The number of anilines is 1. The number of aromatic nitrogens is 2. The molecule has 1 unspecified atom stereocenters. The number of hydrogen-bond donors (Lipinski definition) is 1. The van der Waals surface area contributed by atoms with Gasteiger partial charge in [-0.05, 0) is 25.8 Å². The van der Waals surface area contributed by atoms with E-state index in [2.05, 4.69) is 10.3 Å². The second kappa shape index (κ2) is 4.14. The van der Waals surface area contributed by atoms with Crippen LogP contribution in [0.25, 0.3) is 0 Å². The SMILES string of the molecule is CN(c1nccn(C2CC2)c1=O)C1CCNC1. The molecule has 1 atom stereocenters. The van der Waals surface area contributed by atoms with Crippen molar-refractivity contribution in [2.75, 3.05) is 25.0 Å². The van der Waals surface area contributed by atoms with Gasteiger partial charge in [-0.2, -0.15) is 0 Å². The van der Waals surface area contributed by atoms with Crippen LogP contribution < -0.4 is 15.8 Å². The molecule has 3 rings (SSSR count). The van der Waals surface area contributed by atoms with Gasteiger partial charge in [0.05, 0.1) is 0 Å². The second-order valence-corrected chi connectivity index (χ2v) is 4.95. The number of hydrogen-bond acceptors (Lipinski definition) is 4. The monoisotopic (exact) mass is 234 g/mol. The summed E-state index contributed by atoms with van der Waals surface area (Å²) in [6.07, 6.45) is 6.88. The molecule has 5 nitrogen and oxygen atoms in total. The van der Waals surface area contributed by atoms with Crippen molar-refractivity contribution in [3.05, 3.63) is 22.7 Å². The average Bonchev–Trinajstić information content (AvgIpc) is 3.03. The summed E-state index contributed by atoms with van der Waals surface area (Å²) in [4.78, 5) is 18.6. The molecule has 0 aromatic carbocycles. The van der Waals surface area contributed by atoms with E-state index in [1.165, 1.54) is 0 Å². The summed E-state index contributed by atoms with van der Waals surface area (Å²) in [5, 5.41) is 3.31. The summed E-state index contributed by atoms with van der Waals surface area (Å²) in [7, 11) is 1.97. The summed E-state index contributed by atoms with van der Waals surface area (Å²) in [6, 6.07) is 0.810. The summed E-state index contributed by atoms with van der Waals surface area (Å²) >= 11 is 0. The summed E-state index contributed by atoms with van der Waals surface area (Å²) in [5.41, 5.74) is 0.0596. The second-order valence-electron chi connectivity index (χ2n) is 4.95. The third kappa shape index (κ3) is 1.95. The fourth-order valence-corrected chi connectivity index (χ4v) is 2.44. The Labute approximate surface area is 100 Å². The Bertz CT molecular complexity index is 460. The van der Waals surface area contributed by atoms with Crippen molar-refractivity contribution in [3.8, 4) is 0 Å². The van der Waals surface area contributed by atoms with Crippen molar-refractivity contribution >= 4 is 5.82 Å². The minimum Gasteiger partial charge on any atom is -0.351 e. The molecule has 0 radical (unpaired) electrons. The van der Waals surface area contributed by atoms with Crippen LogP contribution >= 0.6 is 0 Å². The van der Waals surface area contributed by atoms with Gasteiger partial charge in [0.1, 0.15) is 0 Å². The zero-order valence-corrected chi connectivity index (χ0v) is 10.1. The largest absolute Gasteiger partial charge is 0.351 e. The zero-order valence-electron chi connectivity index (χ0n) is 10.1. The van der Waals surface area contributed by atoms with E-state index in [0.29, 0.717) is 17.9 Å². The van der Waals surface area contributed by atoms with Gasteiger partial charge in [0.25, 0.3) is 5.56 Å². The highest BCUT2D eigenvalue weighted by atomic mass is 16.1. The normalized spacial score (nSPS) is 23.9. The molecule has 0 spiro atoms. The number of nitrogens with zero attached hydrogens (tertiary/aromatic N) is 3. The van der Waals surface area contributed by atoms with E-state index in [4.69, 9.17) is 0 Å². The van der Waals surface area contributed by atoms with E-state index in [0.717, 1.165) is 32.4 Å². The van der Waals surface area contributed by atoms with Crippen LogP contribution in [-0.4, -0.2) is 35.7 Å². The summed E-state index contributed by atoms with van der Waals surface area (Å²) in [5.74, 6) is 0.591. The molecule has 2 fully saturated rings. The molecule has 0 amide bonds. The van der Waals surface area contributed by atoms with Gasteiger partial charge in [-0.3, -0.25) is 4.79 Å². The lowest BCUT2D eigenvalue weighted by molar-refractivity contribution is 0.648. The Morgan fingerprint density at radius 1 is 1.47 bits per heavy atom. The molecular formula is C12H18N4O. The van der Waals surface area contributed by atoms with Crippen molar-refractivity contribution in [1.29, 1.82) is 0 Å². The molecule has 1 N–H and O–H groups in total. The van der Waals surface area contributed by atoms with Crippen molar-refractivity contribution in [1.82, 2.24) is 14.9 Å². The van der Waals surface area contributed by atoms with Crippen LogP contribution in [0.15, 0.2) is 17.2 Å². The molecule has 1 saturated carbocycles. The highest BCUT2D eigenvalue weighted by Gasteiger charge is 2.27. The molecule has 1 aliphatic carbocycles. The minimum absolute atomic E-state index is 0.0596. The van der Waals surface area contributed by atoms with Crippen LogP contribution in [0.5, 0.6) is 0 Å². The van der Waals surface area contributed by atoms with Crippen LogP contribution in [0.1, 0.15) is 25.3 Å². The number of nitrogens with one attached hydrogen (secondary N) is 1. The standard InChI is InChI=1S/C12H18N4O/c1-15(10-4-5-13-8-10)11-12(17)16(7-6-14-11)9-2-3-9/h6-7,9-10,13H,2-5,8H2,1H3. The topological polar surface area (TPSA) is 50.2 Å². The van der Waals surface area contributed by atoms with Crippen LogP contribution in [0.4, 0.5) is 5.82 Å². The van der Waals surface area contributed by atoms with Crippen LogP contribution in [0.3, 0.4) is 0 Å². The smallest absolute Gasteiger partial charge is 0.293 e. The Morgan fingerprint density at radius 3 is 2.94 bits per heavy atom. The van der Waals surface area contributed by atoms with Gasteiger partial charge in [0.2, 0.25) is 0 Å². The molecule has 5 heteroatoms. The van der Waals surface area contributed by atoms with Gasteiger partial charge in [0, 0.05) is 38.1 Å². The molecule has 92 valence electrons. The Kier molecular flexibility index (Phi) is 2.63. The first-order valence-electron chi connectivity index (χ1n) is 6.28. The van der Waals surface area contributed by atoms with E-state index in [1.807, 2.05) is 22.7 Å². The maximum absolute atomic E-state index is 12.3. The van der Waals surface area contributed by atoms with E-state index in [-0.39, 0.29) is 5.56 Å². The lowest BCUT2D eigenvalue weighted by Gasteiger charge is -2.24. The van der Waals surface area contributed by atoms with E-state index >= 15 is 0 Å². The van der Waals surface area contributed by atoms with Gasteiger partial charge in [-0.1, -0.05) is 0 Å². The maximum atomic E-state index is 12.3. The van der Waals surface area contributed by atoms with E-state index in [9.17, 15) is 4.79 Å². The van der Waals surface area contributed by atoms with Gasteiger partial charge in [-0.15, -0.1) is 0 Å². The van der Waals surface area contributed by atoms with Crippen LogP contribution in [-0.2, 0) is 0 Å². The summed E-state index contributed by atoms with van der Waals surface area (Å²) < 4.78 is 1.83. The molecular weight excluding hydrogens is 216 g/mol. The maximum Gasteiger partial charge on any atom is 0.293 e. The van der Waals surface area contributed by atoms with Gasteiger partial charge < -0.3 is 14.8 Å². The van der Waals surface area contributed by atoms with Gasteiger partial charge in [0.15, 0.2) is 5.82 Å². The van der Waals surface area contributed by atoms with Crippen molar-refractivity contribution in [2.24, 2.45) is 0 Å². The van der Waals surface area contributed by atoms with Gasteiger partial charge in [-0.25, -0.2) is 4.98 Å². The first-order valence-corrected chi connectivity index (χ1v) is 6.28. The van der Waals surface area contributed by atoms with E-state index in [1.54, 1.807) is 6.20 Å². The van der Waals surface area contributed by atoms with Crippen molar-refractivity contribution in [2.45, 2.75) is 31.3 Å². The third-order valence-corrected chi connectivity index (χ3v) is 3.71. The lowest BCUT2D eigenvalue weighted by atomic mass is 10.2. The third-order valence-electron chi connectivity index (χ3n) is 3.71. The summed E-state index contributed by atoms with van der Waals surface area (Å²) in [6.45, 7) is 1.97. The first-order chi connectivity index (χ1) is 8.27. The van der Waals surface area contributed by atoms with E-state index < -0.39 is 0 Å². The fraction of sp³-hybridized carbons (Fsp3) is 0.667. The molecule has 1 aromatic rings. The van der Waals surface area contributed by atoms with Crippen LogP contribution in [0, 0.1) is 0 Å². The lowest BCUT2D eigenvalue weighted by Crippen LogP contribution is -2.39. The average molecular weight is 234 g/mol. The van der Waals surface area contributed by atoms with Gasteiger partial charge >= 0.3 is 0 Å². The highest BCUT2D eigenvalue weighted by Crippen LogP contribution is 2.33. The van der Waals surface area contributed by atoms with Crippen LogP contribution in [0.2, 0.25) is 0 Å². The zero-order chi connectivity index (χ0) is 11.8. The number of rotatable bonds is 3. The Balaban J connectivity index is 1.91. The van der Waals surface area contributed by atoms with Crippen molar-refractivity contribution < 1.29 is 0 Å². The predicted molar refractivity (Wildman–Crippen MR) is 66.4 cm³/mol. The quantitative estimate of drug-likeness (QED) is 0.821. The fourth-order valence-electron chi connectivity index (χ4n) is 2.44. The first kappa shape index (κ1) is 10.8.